The molecule has 1 aliphatic heterocycles. The van der Waals surface area contributed by atoms with E-state index in [0.717, 1.165) is 0 Å². The summed E-state index contributed by atoms with van der Waals surface area (Å²) in [6, 6.07) is 8.22. The number of fused-ring (bicyclic) bond motifs is 1. The number of halogens is 1. The molecule has 1 atom stereocenters. The van der Waals surface area contributed by atoms with Crippen LogP contribution < -0.4 is 15.4 Å². The number of hydrogen-bond acceptors (Lipinski definition) is 4. The summed E-state index contributed by atoms with van der Waals surface area (Å²) < 4.78 is 11.1. The van der Waals surface area contributed by atoms with Crippen molar-refractivity contribution in [3.8, 4) is 5.75 Å². The van der Waals surface area contributed by atoms with Crippen molar-refractivity contribution >= 4 is 39.1 Å². The number of benzene rings is 1. The van der Waals surface area contributed by atoms with Crippen LogP contribution in [-0.2, 0) is 4.79 Å². The summed E-state index contributed by atoms with van der Waals surface area (Å²) in [6.45, 7) is 1.67. The molecule has 2 aromatic rings. The number of ether oxygens (including phenoxy) is 1. The molecule has 0 aliphatic carbocycles. The third-order valence-electron chi connectivity index (χ3n) is 2.97. The minimum Gasteiger partial charge on any atom is -0.479 e. The minimum atomic E-state index is -0.529. The number of furan rings is 1. The molecule has 0 saturated heterocycles. The highest BCUT2D eigenvalue weighted by molar-refractivity contribution is 9.10. The Kier molecular flexibility index (Phi) is 3.42. The lowest BCUT2D eigenvalue weighted by molar-refractivity contribution is -0.122. The van der Waals surface area contributed by atoms with Crippen molar-refractivity contribution in [1.29, 1.82) is 0 Å². The third kappa shape index (κ3) is 2.78. The highest BCUT2D eigenvalue weighted by Gasteiger charge is 2.23. The number of rotatable bonds is 2. The van der Waals surface area contributed by atoms with Gasteiger partial charge >= 0.3 is 0 Å². The molecule has 108 valence electrons. The molecule has 2 amide bonds. The number of anilines is 2. The lowest BCUT2D eigenvalue weighted by atomic mass is 10.2. The van der Waals surface area contributed by atoms with Gasteiger partial charge in [0.15, 0.2) is 16.5 Å². The molecular formula is C14H11BrN2O4. The fourth-order valence-corrected chi connectivity index (χ4v) is 2.22. The monoisotopic (exact) mass is 350 g/mol. The molecule has 0 radical (unpaired) electrons. The van der Waals surface area contributed by atoms with Gasteiger partial charge in [-0.2, -0.15) is 0 Å². The fraction of sp³-hybridized carbons (Fsp3) is 0.143. The Balaban J connectivity index is 1.80. The van der Waals surface area contributed by atoms with Crippen LogP contribution in [0.25, 0.3) is 0 Å². The number of amides is 2. The molecule has 0 spiro atoms. The topological polar surface area (TPSA) is 80.6 Å². The summed E-state index contributed by atoms with van der Waals surface area (Å²) in [6.07, 6.45) is -0.529. The zero-order chi connectivity index (χ0) is 15.0. The summed E-state index contributed by atoms with van der Waals surface area (Å²) in [7, 11) is 0. The molecule has 7 heteroatoms. The third-order valence-corrected chi connectivity index (χ3v) is 3.39. The Hall–Kier alpha value is -2.28. The van der Waals surface area contributed by atoms with Crippen molar-refractivity contribution in [3.63, 3.8) is 0 Å². The molecule has 0 saturated carbocycles. The molecular weight excluding hydrogens is 340 g/mol. The number of nitrogens with one attached hydrogen (secondary N) is 2. The average molecular weight is 351 g/mol. The zero-order valence-electron chi connectivity index (χ0n) is 11.0. The van der Waals surface area contributed by atoms with E-state index >= 15 is 0 Å². The predicted octanol–water partition coefficient (Wildman–Crippen LogP) is 3.01. The Morgan fingerprint density at radius 1 is 1.33 bits per heavy atom. The Labute approximate surface area is 128 Å². The van der Waals surface area contributed by atoms with Gasteiger partial charge < -0.3 is 19.8 Å². The van der Waals surface area contributed by atoms with Gasteiger partial charge in [0.2, 0.25) is 0 Å². The maximum atomic E-state index is 12.0. The van der Waals surface area contributed by atoms with Crippen LogP contribution in [-0.4, -0.2) is 17.9 Å². The van der Waals surface area contributed by atoms with Gasteiger partial charge in [-0.1, -0.05) is 0 Å². The maximum Gasteiger partial charge on any atom is 0.291 e. The lowest BCUT2D eigenvalue weighted by Crippen LogP contribution is -2.34. The van der Waals surface area contributed by atoms with E-state index in [9.17, 15) is 9.59 Å². The molecule has 1 aromatic heterocycles. The first kappa shape index (κ1) is 13.7. The van der Waals surface area contributed by atoms with Crippen LogP contribution in [0, 0.1) is 0 Å². The van der Waals surface area contributed by atoms with Crippen LogP contribution in [0.3, 0.4) is 0 Å². The molecule has 1 unspecified atom stereocenters. The standard InChI is InChI=1S/C14H11BrN2O4/c1-7-13(18)17-9-6-8(2-3-10(9)20-7)16-14(19)11-4-5-12(15)21-11/h2-7H,1H3,(H,16,19)(H,17,18). The van der Waals surface area contributed by atoms with Crippen molar-refractivity contribution < 1.29 is 18.7 Å². The SMILES string of the molecule is CC1Oc2ccc(NC(=O)c3ccc(Br)o3)cc2NC1=O. The van der Waals surface area contributed by atoms with Crippen molar-refractivity contribution in [2.45, 2.75) is 13.0 Å². The summed E-state index contributed by atoms with van der Waals surface area (Å²) in [4.78, 5) is 23.5. The van der Waals surface area contributed by atoms with E-state index in [1.54, 1.807) is 37.3 Å². The number of carbonyl (C=O) groups excluding carboxylic acids is 2. The van der Waals surface area contributed by atoms with Gasteiger partial charge in [0.1, 0.15) is 5.75 Å². The van der Waals surface area contributed by atoms with E-state index in [1.165, 1.54) is 0 Å². The van der Waals surface area contributed by atoms with Gasteiger partial charge in [-0.05, 0) is 53.2 Å². The molecule has 6 nitrogen and oxygen atoms in total. The van der Waals surface area contributed by atoms with E-state index in [-0.39, 0.29) is 17.6 Å². The Morgan fingerprint density at radius 3 is 2.86 bits per heavy atom. The predicted molar refractivity (Wildman–Crippen MR) is 79.5 cm³/mol. The van der Waals surface area contributed by atoms with E-state index in [2.05, 4.69) is 26.6 Å². The van der Waals surface area contributed by atoms with E-state index in [1.807, 2.05) is 0 Å². The van der Waals surface area contributed by atoms with Crippen molar-refractivity contribution in [1.82, 2.24) is 0 Å². The quantitative estimate of drug-likeness (QED) is 0.872. The second kappa shape index (κ2) is 5.25. The zero-order valence-corrected chi connectivity index (χ0v) is 12.6. The van der Waals surface area contributed by atoms with Crippen LogP contribution in [0.1, 0.15) is 17.5 Å². The van der Waals surface area contributed by atoms with Gasteiger partial charge in [-0.15, -0.1) is 0 Å². The van der Waals surface area contributed by atoms with E-state index < -0.39 is 6.10 Å². The van der Waals surface area contributed by atoms with Crippen LogP contribution in [0.5, 0.6) is 5.75 Å². The van der Waals surface area contributed by atoms with Gasteiger partial charge in [0.05, 0.1) is 5.69 Å². The van der Waals surface area contributed by atoms with Crippen molar-refractivity contribution in [3.05, 3.63) is 40.8 Å². The minimum absolute atomic E-state index is 0.188. The summed E-state index contributed by atoms with van der Waals surface area (Å²) in [5.41, 5.74) is 1.06. The van der Waals surface area contributed by atoms with Crippen LogP contribution in [0.4, 0.5) is 11.4 Å². The lowest BCUT2D eigenvalue weighted by Gasteiger charge is -2.23. The molecule has 3 rings (SSSR count). The Bertz CT molecular complexity index is 726. The number of hydrogen-bond donors (Lipinski definition) is 2. The highest BCUT2D eigenvalue weighted by atomic mass is 79.9. The molecule has 0 fully saturated rings. The highest BCUT2D eigenvalue weighted by Crippen LogP contribution is 2.32. The van der Waals surface area contributed by atoms with Crippen molar-refractivity contribution in [2.24, 2.45) is 0 Å². The van der Waals surface area contributed by atoms with Crippen molar-refractivity contribution in [2.75, 3.05) is 10.6 Å². The molecule has 0 bridgehead atoms. The summed E-state index contributed by atoms with van der Waals surface area (Å²) >= 11 is 3.14. The van der Waals surface area contributed by atoms with Crippen LogP contribution in [0.2, 0.25) is 0 Å². The van der Waals surface area contributed by atoms with Gasteiger partial charge in [0.25, 0.3) is 11.8 Å². The van der Waals surface area contributed by atoms with Gasteiger partial charge in [-0.3, -0.25) is 9.59 Å². The normalized spacial score (nSPS) is 16.7. The first-order valence-electron chi connectivity index (χ1n) is 6.21. The average Bonchev–Trinajstić information content (AvgIpc) is 2.87. The van der Waals surface area contributed by atoms with E-state index in [4.69, 9.17) is 9.15 Å². The molecule has 1 aromatic carbocycles. The molecule has 21 heavy (non-hydrogen) atoms. The summed E-state index contributed by atoms with van der Waals surface area (Å²) in [5, 5.41) is 5.41. The molecule has 2 N–H and O–H groups in total. The second-order valence-electron chi connectivity index (χ2n) is 4.52. The van der Waals surface area contributed by atoms with Gasteiger partial charge in [0, 0.05) is 5.69 Å². The van der Waals surface area contributed by atoms with E-state index in [0.29, 0.717) is 21.8 Å². The van der Waals surface area contributed by atoms with Crippen LogP contribution in [0.15, 0.2) is 39.4 Å². The van der Waals surface area contributed by atoms with Gasteiger partial charge in [-0.25, -0.2) is 0 Å². The number of carbonyl (C=O) groups is 2. The molecule has 2 heterocycles. The fourth-order valence-electron chi connectivity index (χ4n) is 1.92. The maximum absolute atomic E-state index is 12.0. The largest absolute Gasteiger partial charge is 0.479 e. The second-order valence-corrected chi connectivity index (χ2v) is 5.30. The Morgan fingerprint density at radius 2 is 2.14 bits per heavy atom. The van der Waals surface area contributed by atoms with Crippen LogP contribution >= 0.6 is 15.9 Å². The smallest absolute Gasteiger partial charge is 0.291 e. The molecule has 1 aliphatic rings. The first-order valence-corrected chi connectivity index (χ1v) is 7.00. The summed E-state index contributed by atoms with van der Waals surface area (Å²) in [5.74, 6) is 0.160. The first-order chi connectivity index (χ1) is 10.0.